The van der Waals surface area contributed by atoms with Gasteiger partial charge in [-0.25, -0.2) is 9.97 Å². The molecule has 0 bridgehead atoms. The minimum atomic E-state index is 0.970. The molecule has 0 spiro atoms. The Morgan fingerprint density at radius 1 is 1.50 bits per heavy atom. The van der Waals surface area contributed by atoms with Crippen LogP contribution in [0.15, 0.2) is 12.5 Å². The van der Waals surface area contributed by atoms with Gasteiger partial charge in [-0.2, -0.15) is 0 Å². The number of aromatic nitrogens is 2. The lowest BCUT2D eigenvalue weighted by atomic mass is 10.3. The highest BCUT2D eigenvalue weighted by Crippen LogP contribution is 2.16. The average Bonchev–Trinajstić information content (AvgIpc) is 2.27. The zero-order valence-electron chi connectivity index (χ0n) is 5.91. The molecule has 0 atom stereocenters. The molecule has 0 fully saturated rings. The summed E-state index contributed by atoms with van der Waals surface area (Å²) >= 11 is 0. The van der Waals surface area contributed by atoms with Crippen LogP contribution in [0.3, 0.4) is 0 Å². The Morgan fingerprint density at radius 3 is 3.20 bits per heavy atom. The molecule has 0 aliphatic carbocycles. The van der Waals surface area contributed by atoms with Crippen LogP contribution < -0.4 is 0 Å². The third kappa shape index (κ3) is 0.789. The molecular formula is C7H9N3. The Labute approximate surface area is 59.7 Å². The Hall–Kier alpha value is -0.960. The maximum Gasteiger partial charge on any atom is 0.115 e. The van der Waals surface area contributed by atoms with Gasteiger partial charge < -0.3 is 0 Å². The predicted octanol–water partition coefficient (Wildman–Crippen LogP) is 0.422. The largest absolute Gasteiger partial charge is 0.296 e. The smallest absolute Gasteiger partial charge is 0.115 e. The van der Waals surface area contributed by atoms with E-state index < -0.39 is 0 Å². The highest BCUT2D eigenvalue weighted by Gasteiger charge is 2.15. The van der Waals surface area contributed by atoms with E-state index in [4.69, 9.17) is 0 Å². The minimum absolute atomic E-state index is 0.970. The van der Waals surface area contributed by atoms with E-state index in [-0.39, 0.29) is 0 Å². The van der Waals surface area contributed by atoms with E-state index in [2.05, 4.69) is 21.9 Å². The molecule has 0 saturated heterocycles. The quantitative estimate of drug-likeness (QED) is 0.516. The molecule has 2 heterocycles. The second-order valence-corrected chi connectivity index (χ2v) is 2.67. The molecule has 0 unspecified atom stereocenters. The van der Waals surface area contributed by atoms with E-state index in [1.165, 1.54) is 11.3 Å². The van der Waals surface area contributed by atoms with E-state index in [0.717, 1.165) is 13.1 Å². The van der Waals surface area contributed by atoms with Crippen LogP contribution in [-0.4, -0.2) is 21.9 Å². The van der Waals surface area contributed by atoms with Crippen LogP contribution in [0.4, 0.5) is 0 Å². The summed E-state index contributed by atoms with van der Waals surface area (Å²) in [6, 6.07) is 0. The lowest BCUT2D eigenvalue weighted by Gasteiger charge is -2.01. The highest BCUT2D eigenvalue weighted by atomic mass is 15.1. The third-order valence-corrected chi connectivity index (χ3v) is 1.74. The van der Waals surface area contributed by atoms with E-state index in [0.29, 0.717) is 0 Å². The molecular weight excluding hydrogens is 126 g/mol. The molecule has 0 N–H and O–H groups in total. The first kappa shape index (κ1) is 5.80. The second-order valence-electron chi connectivity index (χ2n) is 2.67. The molecule has 10 heavy (non-hydrogen) atoms. The first-order valence-electron chi connectivity index (χ1n) is 3.32. The zero-order chi connectivity index (χ0) is 6.97. The van der Waals surface area contributed by atoms with Crippen molar-refractivity contribution in [2.75, 3.05) is 7.05 Å². The molecule has 1 aliphatic rings. The number of hydrogen-bond donors (Lipinski definition) is 0. The lowest BCUT2D eigenvalue weighted by molar-refractivity contribution is 0.351. The van der Waals surface area contributed by atoms with Gasteiger partial charge in [0.25, 0.3) is 0 Å². The van der Waals surface area contributed by atoms with Crippen molar-refractivity contribution in [1.29, 1.82) is 0 Å². The Balaban J connectivity index is 2.42. The Bertz CT molecular complexity index is 221. The van der Waals surface area contributed by atoms with Gasteiger partial charge in [0.1, 0.15) is 6.33 Å². The summed E-state index contributed by atoms with van der Waals surface area (Å²) in [6.07, 6.45) is 3.50. The van der Waals surface area contributed by atoms with Crippen molar-refractivity contribution in [2.24, 2.45) is 0 Å². The third-order valence-electron chi connectivity index (χ3n) is 1.74. The van der Waals surface area contributed by atoms with Gasteiger partial charge in [-0.3, -0.25) is 4.90 Å². The van der Waals surface area contributed by atoms with Crippen LogP contribution in [-0.2, 0) is 13.1 Å². The predicted molar refractivity (Wildman–Crippen MR) is 37.2 cm³/mol. The van der Waals surface area contributed by atoms with E-state index in [9.17, 15) is 0 Å². The standard InChI is InChI=1S/C7H9N3/c1-10-3-6-2-8-5-9-7(6)4-10/h2,5H,3-4H2,1H3. The number of hydrogen-bond acceptors (Lipinski definition) is 3. The molecule has 0 aromatic carbocycles. The fourth-order valence-corrected chi connectivity index (χ4v) is 1.26. The van der Waals surface area contributed by atoms with Crippen molar-refractivity contribution < 1.29 is 0 Å². The van der Waals surface area contributed by atoms with Gasteiger partial charge in [0.15, 0.2) is 0 Å². The maximum absolute atomic E-state index is 4.16. The van der Waals surface area contributed by atoms with Crippen LogP contribution in [0.2, 0.25) is 0 Å². The SMILES string of the molecule is CN1Cc2cncnc2C1. The van der Waals surface area contributed by atoms with Gasteiger partial charge in [0, 0.05) is 24.8 Å². The summed E-state index contributed by atoms with van der Waals surface area (Å²) in [6.45, 7) is 1.97. The van der Waals surface area contributed by atoms with E-state index in [1.54, 1.807) is 6.33 Å². The molecule has 0 amide bonds. The van der Waals surface area contributed by atoms with Crippen molar-refractivity contribution >= 4 is 0 Å². The molecule has 0 radical (unpaired) electrons. The average molecular weight is 135 g/mol. The lowest BCUT2D eigenvalue weighted by Crippen LogP contribution is -2.07. The Kier molecular flexibility index (Phi) is 1.17. The van der Waals surface area contributed by atoms with Gasteiger partial charge in [-0.15, -0.1) is 0 Å². The number of rotatable bonds is 0. The maximum atomic E-state index is 4.16. The van der Waals surface area contributed by atoms with Crippen LogP contribution >= 0.6 is 0 Å². The molecule has 1 aliphatic heterocycles. The normalized spacial score (nSPS) is 17.3. The fraction of sp³-hybridized carbons (Fsp3) is 0.429. The van der Waals surface area contributed by atoms with Gasteiger partial charge in [0.2, 0.25) is 0 Å². The van der Waals surface area contributed by atoms with Crippen LogP contribution in [0.5, 0.6) is 0 Å². The molecule has 52 valence electrons. The van der Waals surface area contributed by atoms with Gasteiger partial charge in [-0.1, -0.05) is 0 Å². The summed E-state index contributed by atoms with van der Waals surface area (Å²) < 4.78 is 0. The molecule has 3 heteroatoms. The molecule has 1 aromatic rings. The Morgan fingerprint density at radius 2 is 2.40 bits per heavy atom. The van der Waals surface area contributed by atoms with Gasteiger partial charge >= 0.3 is 0 Å². The van der Waals surface area contributed by atoms with E-state index in [1.807, 2.05) is 6.20 Å². The van der Waals surface area contributed by atoms with Gasteiger partial charge in [-0.05, 0) is 7.05 Å². The summed E-state index contributed by atoms with van der Waals surface area (Å²) in [5.74, 6) is 0. The summed E-state index contributed by atoms with van der Waals surface area (Å²) in [4.78, 5) is 10.3. The number of fused-ring (bicyclic) bond motifs is 1. The molecule has 0 saturated carbocycles. The second kappa shape index (κ2) is 2.02. The number of nitrogens with zero attached hydrogens (tertiary/aromatic N) is 3. The molecule has 2 rings (SSSR count). The van der Waals surface area contributed by atoms with E-state index >= 15 is 0 Å². The minimum Gasteiger partial charge on any atom is -0.296 e. The van der Waals surface area contributed by atoms with Crippen molar-refractivity contribution in [1.82, 2.24) is 14.9 Å². The van der Waals surface area contributed by atoms with Crippen LogP contribution in [0.1, 0.15) is 11.3 Å². The van der Waals surface area contributed by atoms with Gasteiger partial charge in [0.05, 0.1) is 5.69 Å². The molecule has 3 nitrogen and oxygen atoms in total. The van der Waals surface area contributed by atoms with Crippen LogP contribution in [0, 0.1) is 0 Å². The summed E-state index contributed by atoms with van der Waals surface area (Å²) in [5, 5.41) is 0. The first-order valence-corrected chi connectivity index (χ1v) is 3.32. The first-order chi connectivity index (χ1) is 4.86. The summed E-state index contributed by atoms with van der Waals surface area (Å²) in [7, 11) is 2.08. The van der Waals surface area contributed by atoms with Crippen LogP contribution in [0.25, 0.3) is 0 Å². The van der Waals surface area contributed by atoms with Crippen molar-refractivity contribution in [3.63, 3.8) is 0 Å². The van der Waals surface area contributed by atoms with Crippen molar-refractivity contribution in [3.05, 3.63) is 23.8 Å². The highest BCUT2D eigenvalue weighted by molar-refractivity contribution is 5.19. The topological polar surface area (TPSA) is 29.0 Å². The molecule has 1 aromatic heterocycles. The monoisotopic (exact) mass is 135 g/mol. The van der Waals surface area contributed by atoms with Crippen molar-refractivity contribution in [2.45, 2.75) is 13.1 Å². The van der Waals surface area contributed by atoms with Crippen molar-refractivity contribution in [3.8, 4) is 0 Å². The zero-order valence-corrected chi connectivity index (χ0v) is 5.91. The summed E-state index contributed by atoms with van der Waals surface area (Å²) in [5.41, 5.74) is 2.45. The fourth-order valence-electron chi connectivity index (χ4n) is 1.26.